The van der Waals surface area contributed by atoms with Gasteiger partial charge < -0.3 is 10.1 Å². The molecule has 8 heteroatoms. The molecule has 0 aliphatic carbocycles. The van der Waals surface area contributed by atoms with Gasteiger partial charge in [-0.25, -0.2) is 8.42 Å². The lowest BCUT2D eigenvalue weighted by atomic mass is 10.2. The maximum atomic E-state index is 13.3. The summed E-state index contributed by atoms with van der Waals surface area (Å²) < 4.78 is 34.1. The number of carbonyl (C=O) groups is 1. The first kappa shape index (κ1) is 22.8. The van der Waals surface area contributed by atoms with Gasteiger partial charge in [0.25, 0.3) is 15.9 Å². The molecule has 0 bridgehead atoms. The SMILES string of the molecule is COc1ccc(C)cc1S(=O)(=O)N(C)c1ccc2sc(C(=O)Nc3cccc(C)c3)cc2c1. The van der Waals surface area contributed by atoms with Crippen molar-refractivity contribution in [3.05, 3.63) is 82.7 Å². The number of ether oxygens (including phenoxy) is 1. The average Bonchev–Trinajstić information content (AvgIpc) is 3.22. The summed E-state index contributed by atoms with van der Waals surface area (Å²) in [6.45, 7) is 3.80. The van der Waals surface area contributed by atoms with Gasteiger partial charge in [0.15, 0.2) is 0 Å². The molecular formula is C25H24N2O4S2. The highest BCUT2D eigenvalue weighted by Crippen LogP contribution is 2.33. The zero-order valence-electron chi connectivity index (χ0n) is 18.7. The standard InChI is InChI=1S/C25H24N2O4S2/c1-16-6-5-7-19(12-16)26-25(28)23-15-18-14-20(9-11-22(18)32-23)27(3)33(29,30)24-13-17(2)8-10-21(24)31-4/h5-15H,1-4H3,(H,26,28). The van der Waals surface area contributed by atoms with Crippen molar-refractivity contribution in [2.45, 2.75) is 18.7 Å². The number of rotatable bonds is 6. The van der Waals surface area contributed by atoms with Crippen LogP contribution >= 0.6 is 11.3 Å². The van der Waals surface area contributed by atoms with Gasteiger partial charge >= 0.3 is 0 Å². The van der Waals surface area contributed by atoms with Crippen molar-refractivity contribution in [1.29, 1.82) is 0 Å². The van der Waals surface area contributed by atoms with Gasteiger partial charge in [0.2, 0.25) is 0 Å². The van der Waals surface area contributed by atoms with Crippen LogP contribution in [0.2, 0.25) is 0 Å². The van der Waals surface area contributed by atoms with Crippen LogP contribution in [0.1, 0.15) is 20.8 Å². The Labute approximate surface area is 197 Å². The van der Waals surface area contributed by atoms with Crippen LogP contribution in [0.15, 0.2) is 71.6 Å². The molecule has 0 saturated heterocycles. The number of benzene rings is 3. The molecule has 0 aliphatic rings. The number of carbonyl (C=O) groups excluding carboxylic acids is 1. The number of methoxy groups -OCH3 is 1. The van der Waals surface area contributed by atoms with E-state index in [4.69, 9.17) is 4.74 Å². The van der Waals surface area contributed by atoms with Gasteiger partial charge in [-0.05, 0) is 78.9 Å². The van der Waals surface area contributed by atoms with Crippen LogP contribution in [0.25, 0.3) is 10.1 Å². The average molecular weight is 481 g/mol. The minimum Gasteiger partial charge on any atom is -0.495 e. The fraction of sp³-hybridized carbons (Fsp3) is 0.160. The highest BCUT2D eigenvalue weighted by Gasteiger charge is 2.26. The lowest BCUT2D eigenvalue weighted by molar-refractivity contribution is 0.103. The fourth-order valence-electron chi connectivity index (χ4n) is 3.53. The van der Waals surface area contributed by atoms with Gasteiger partial charge in [0, 0.05) is 17.4 Å². The summed E-state index contributed by atoms with van der Waals surface area (Å²) in [4.78, 5) is 13.4. The summed E-state index contributed by atoms with van der Waals surface area (Å²) in [5.74, 6) is 0.0907. The van der Waals surface area contributed by atoms with Crippen molar-refractivity contribution in [3.63, 3.8) is 0 Å². The first-order chi connectivity index (χ1) is 15.7. The molecule has 0 atom stereocenters. The second-order valence-corrected chi connectivity index (χ2v) is 10.8. The Bertz CT molecular complexity index is 1460. The quantitative estimate of drug-likeness (QED) is 0.390. The van der Waals surface area contributed by atoms with E-state index in [1.54, 1.807) is 36.4 Å². The Morgan fingerprint density at radius 2 is 1.73 bits per heavy atom. The highest BCUT2D eigenvalue weighted by atomic mass is 32.2. The minimum absolute atomic E-state index is 0.108. The zero-order chi connectivity index (χ0) is 23.8. The molecule has 6 nitrogen and oxygen atoms in total. The number of hydrogen-bond acceptors (Lipinski definition) is 5. The number of nitrogens with one attached hydrogen (secondary N) is 1. The molecule has 1 heterocycles. The van der Waals surface area contributed by atoms with Crippen LogP contribution in [0, 0.1) is 13.8 Å². The van der Waals surface area contributed by atoms with Crippen molar-refractivity contribution >= 4 is 48.7 Å². The Balaban J connectivity index is 1.64. The normalized spacial score (nSPS) is 11.4. The van der Waals surface area contributed by atoms with Gasteiger partial charge in [-0.1, -0.05) is 18.2 Å². The van der Waals surface area contributed by atoms with Crippen molar-refractivity contribution in [1.82, 2.24) is 0 Å². The number of sulfonamides is 1. The number of hydrogen-bond donors (Lipinski definition) is 1. The molecule has 0 aliphatic heterocycles. The molecule has 0 saturated carbocycles. The molecule has 4 aromatic rings. The minimum atomic E-state index is -3.85. The summed E-state index contributed by atoms with van der Waals surface area (Å²) in [7, 11) is -0.889. The van der Waals surface area contributed by atoms with Crippen molar-refractivity contribution in [3.8, 4) is 5.75 Å². The van der Waals surface area contributed by atoms with Gasteiger partial charge in [-0.15, -0.1) is 11.3 Å². The molecule has 0 spiro atoms. The molecule has 33 heavy (non-hydrogen) atoms. The summed E-state index contributed by atoms with van der Waals surface area (Å²) in [5, 5.41) is 3.71. The summed E-state index contributed by atoms with van der Waals surface area (Å²) in [5.41, 5.74) is 3.11. The van der Waals surface area contributed by atoms with E-state index in [-0.39, 0.29) is 10.8 Å². The van der Waals surface area contributed by atoms with E-state index >= 15 is 0 Å². The van der Waals surface area contributed by atoms with E-state index < -0.39 is 10.0 Å². The smallest absolute Gasteiger partial charge is 0.267 e. The highest BCUT2D eigenvalue weighted by molar-refractivity contribution is 7.93. The van der Waals surface area contributed by atoms with Gasteiger partial charge in [0.05, 0.1) is 17.7 Å². The Kier molecular flexibility index (Phi) is 6.14. The first-order valence-electron chi connectivity index (χ1n) is 10.2. The molecular weight excluding hydrogens is 456 g/mol. The van der Waals surface area contributed by atoms with Gasteiger partial charge in [0.1, 0.15) is 10.6 Å². The Morgan fingerprint density at radius 1 is 0.970 bits per heavy atom. The maximum Gasteiger partial charge on any atom is 0.267 e. The van der Waals surface area contributed by atoms with E-state index in [2.05, 4.69) is 5.32 Å². The molecule has 0 radical (unpaired) electrons. The van der Waals surface area contributed by atoms with Gasteiger partial charge in [-0.2, -0.15) is 0 Å². The lowest BCUT2D eigenvalue weighted by Gasteiger charge is -2.21. The molecule has 0 unspecified atom stereocenters. The number of amides is 1. The van der Waals surface area contributed by atoms with Crippen LogP contribution in [-0.2, 0) is 10.0 Å². The molecule has 3 aromatic carbocycles. The van der Waals surface area contributed by atoms with Crippen LogP contribution in [0.4, 0.5) is 11.4 Å². The van der Waals surface area contributed by atoms with Crippen LogP contribution < -0.4 is 14.4 Å². The molecule has 170 valence electrons. The number of fused-ring (bicyclic) bond motifs is 1. The summed E-state index contributed by atoms with van der Waals surface area (Å²) >= 11 is 1.36. The molecule has 0 fully saturated rings. The second kappa shape index (κ2) is 8.88. The topological polar surface area (TPSA) is 75.7 Å². The van der Waals surface area contributed by atoms with E-state index in [9.17, 15) is 13.2 Å². The predicted octanol–water partition coefficient (Wildman–Crippen LogP) is 5.60. The van der Waals surface area contributed by atoms with Crippen LogP contribution in [0.3, 0.4) is 0 Å². The van der Waals surface area contributed by atoms with Gasteiger partial charge in [-0.3, -0.25) is 9.10 Å². The molecule has 1 aromatic heterocycles. The molecule has 1 amide bonds. The number of anilines is 2. The molecule has 4 rings (SSSR count). The van der Waals surface area contributed by atoms with Crippen molar-refractivity contribution in [2.24, 2.45) is 0 Å². The molecule has 1 N–H and O–H groups in total. The third-order valence-corrected chi connectivity index (χ3v) is 8.24. The fourth-order valence-corrected chi connectivity index (χ4v) is 5.89. The third kappa shape index (κ3) is 4.58. The Morgan fingerprint density at radius 3 is 2.45 bits per heavy atom. The number of aryl methyl sites for hydroxylation is 2. The summed E-state index contributed by atoms with van der Waals surface area (Å²) in [6.07, 6.45) is 0. The van der Waals surface area contributed by atoms with Crippen LogP contribution in [-0.4, -0.2) is 28.5 Å². The Hall–Kier alpha value is -3.36. The largest absolute Gasteiger partial charge is 0.495 e. The van der Waals surface area contributed by atoms with Crippen molar-refractivity contribution < 1.29 is 17.9 Å². The third-order valence-electron chi connectivity index (χ3n) is 5.32. The zero-order valence-corrected chi connectivity index (χ0v) is 20.4. The lowest BCUT2D eigenvalue weighted by Crippen LogP contribution is -2.27. The van der Waals surface area contributed by atoms with E-state index in [0.29, 0.717) is 16.3 Å². The summed E-state index contributed by atoms with van der Waals surface area (Å²) in [6, 6.07) is 19.8. The maximum absolute atomic E-state index is 13.3. The van der Waals surface area contributed by atoms with Crippen molar-refractivity contribution in [2.75, 3.05) is 23.8 Å². The van der Waals surface area contributed by atoms with E-state index in [0.717, 1.165) is 26.9 Å². The van der Waals surface area contributed by atoms with Crippen LogP contribution in [0.5, 0.6) is 5.75 Å². The monoisotopic (exact) mass is 480 g/mol. The first-order valence-corrected chi connectivity index (χ1v) is 12.5. The number of thiophene rings is 1. The number of nitrogens with zero attached hydrogens (tertiary/aromatic N) is 1. The van der Waals surface area contributed by atoms with E-state index in [1.165, 1.54) is 29.8 Å². The predicted molar refractivity (Wildman–Crippen MR) is 134 cm³/mol. The second-order valence-electron chi connectivity index (χ2n) is 7.78. The van der Waals surface area contributed by atoms with E-state index in [1.807, 2.05) is 44.2 Å².